The van der Waals surface area contributed by atoms with E-state index in [9.17, 15) is 4.79 Å². The molecule has 0 amide bonds. The van der Waals surface area contributed by atoms with Crippen molar-refractivity contribution in [2.45, 2.75) is 69.8 Å². The maximum Gasteiger partial charge on any atom is 0.273 e. The van der Waals surface area contributed by atoms with Crippen LogP contribution in [0.1, 0.15) is 56.6 Å². The van der Waals surface area contributed by atoms with Gasteiger partial charge in [0.2, 0.25) is 0 Å². The predicted molar refractivity (Wildman–Crippen MR) is 85.8 cm³/mol. The van der Waals surface area contributed by atoms with E-state index >= 15 is 0 Å². The standard InChI is InChI=1S/C17H26N2O3/c1-21-14-7-5-13(6-8-14)19-10-12(9-16(18)17(19)20)11-22-15-3-2-4-15/h9-10,13-15H,2-8,11,18H2,1H3. The number of pyridine rings is 1. The first-order valence-electron chi connectivity index (χ1n) is 8.32. The van der Waals surface area contributed by atoms with Crippen molar-refractivity contribution in [2.75, 3.05) is 12.8 Å². The Hall–Kier alpha value is -1.33. The number of aromatic nitrogens is 1. The third-order valence-corrected chi connectivity index (χ3v) is 5.04. The molecule has 2 aliphatic carbocycles. The molecule has 0 spiro atoms. The predicted octanol–water partition coefficient (Wildman–Crippen LogP) is 2.63. The summed E-state index contributed by atoms with van der Waals surface area (Å²) in [4.78, 5) is 12.3. The Kier molecular flexibility index (Phi) is 4.84. The Morgan fingerprint density at radius 1 is 1.18 bits per heavy atom. The van der Waals surface area contributed by atoms with Crippen LogP contribution in [0.4, 0.5) is 5.69 Å². The van der Waals surface area contributed by atoms with Crippen molar-refractivity contribution in [3.05, 3.63) is 28.2 Å². The SMILES string of the molecule is COC1CCC(n2cc(COC3CCC3)cc(N)c2=O)CC1. The van der Waals surface area contributed by atoms with Crippen molar-refractivity contribution in [3.8, 4) is 0 Å². The van der Waals surface area contributed by atoms with Crippen LogP contribution in [-0.4, -0.2) is 23.9 Å². The summed E-state index contributed by atoms with van der Waals surface area (Å²) in [6.45, 7) is 0.544. The van der Waals surface area contributed by atoms with E-state index in [0.717, 1.165) is 44.1 Å². The van der Waals surface area contributed by atoms with Gasteiger partial charge in [-0.3, -0.25) is 4.79 Å². The molecule has 0 saturated heterocycles. The lowest BCUT2D eigenvalue weighted by molar-refractivity contribution is -0.00897. The molecule has 0 unspecified atom stereocenters. The van der Waals surface area contributed by atoms with Crippen molar-refractivity contribution < 1.29 is 9.47 Å². The average molecular weight is 306 g/mol. The molecule has 0 aromatic carbocycles. The fourth-order valence-corrected chi connectivity index (χ4v) is 3.35. The molecule has 2 N–H and O–H groups in total. The number of ether oxygens (including phenoxy) is 2. The summed E-state index contributed by atoms with van der Waals surface area (Å²) in [6.07, 6.45) is 10.1. The molecule has 1 aromatic rings. The molecule has 2 aliphatic rings. The molecule has 1 aromatic heterocycles. The quantitative estimate of drug-likeness (QED) is 0.908. The normalized spacial score (nSPS) is 25.9. The monoisotopic (exact) mass is 306 g/mol. The zero-order chi connectivity index (χ0) is 15.5. The summed E-state index contributed by atoms with van der Waals surface area (Å²) in [5.41, 5.74) is 7.17. The number of nitrogen functional groups attached to an aromatic ring is 1. The Morgan fingerprint density at radius 2 is 1.91 bits per heavy atom. The molecule has 3 rings (SSSR count). The van der Waals surface area contributed by atoms with Crippen molar-refractivity contribution in [1.29, 1.82) is 0 Å². The van der Waals surface area contributed by atoms with Gasteiger partial charge in [-0.2, -0.15) is 0 Å². The van der Waals surface area contributed by atoms with Crippen LogP contribution in [-0.2, 0) is 16.1 Å². The second-order valence-corrected chi connectivity index (χ2v) is 6.55. The zero-order valence-corrected chi connectivity index (χ0v) is 13.3. The lowest BCUT2D eigenvalue weighted by Gasteiger charge is -2.30. The van der Waals surface area contributed by atoms with Crippen molar-refractivity contribution in [1.82, 2.24) is 4.57 Å². The van der Waals surface area contributed by atoms with Gasteiger partial charge in [-0.15, -0.1) is 0 Å². The molecule has 122 valence electrons. The molecule has 22 heavy (non-hydrogen) atoms. The van der Waals surface area contributed by atoms with E-state index in [4.69, 9.17) is 15.2 Å². The molecule has 2 saturated carbocycles. The summed E-state index contributed by atoms with van der Waals surface area (Å²) in [6, 6.07) is 1.99. The Bertz CT molecular complexity index is 558. The average Bonchev–Trinajstić information content (AvgIpc) is 2.49. The molecule has 1 heterocycles. The third-order valence-electron chi connectivity index (χ3n) is 5.04. The lowest BCUT2D eigenvalue weighted by atomic mass is 9.92. The Labute approximate surface area is 131 Å². The van der Waals surface area contributed by atoms with Crippen molar-refractivity contribution >= 4 is 5.69 Å². The number of methoxy groups -OCH3 is 1. The molecule has 2 fully saturated rings. The Morgan fingerprint density at radius 3 is 2.50 bits per heavy atom. The van der Waals surface area contributed by atoms with Gasteiger partial charge in [0.1, 0.15) is 0 Å². The van der Waals surface area contributed by atoms with E-state index in [1.54, 1.807) is 13.2 Å². The summed E-state index contributed by atoms with van der Waals surface area (Å²) in [5, 5.41) is 0. The highest BCUT2D eigenvalue weighted by molar-refractivity contribution is 5.38. The van der Waals surface area contributed by atoms with Crippen LogP contribution in [0.2, 0.25) is 0 Å². The minimum absolute atomic E-state index is 0.0757. The zero-order valence-electron chi connectivity index (χ0n) is 13.3. The van der Waals surface area contributed by atoms with Crippen LogP contribution >= 0.6 is 0 Å². The number of hydrogen-bond acceptors (Lipinski definition) is 4. The first kappa shape index (κ1) is 15.6. The first-order chi connectivity index (χ1) is 10.7. The molecule has 0 radical (unpaired) electrons. The third kappa shape index (κ3) is 3.36. The molecule has 0 bridgehead atoms. The highest BCUT2D eigenvalue weighted by Gasteiger charge is 2.24. The van der Waals surface area contributed by atoms with E-state index in [2.05, 4.69) is 0 Å². The highest BCUT2D eigenvalue weighted by Crippen LogP contribution is 2.29. The maximum absolute atomic E-state index is 12.3. The van der Waals surface area contributed by atoms with E-state index in [-0.39, 0.29) is 11.6 Å². The number of rotatable bonds is 5. The Balaban J connectivity index is 1.71. The van der Waals surface area contributed by atoms with E-state index in [1.165, 1.54) is 6.42 Å². The van der Waals surface area contributed by atoms with Gasteiger partial charge >= 0.3 is 0 Å². The first-order valence-corrected chi connectivity index (χ1v) is 8.32. The van der Waals surface area contributed by atoms with Gasteiger partial charge in [-0.25, -0.2) is 0 Å². The molecular formula is C17H26N2O3. The van der Waals surface area contributed by atoms with Gasteiger partial charge in [-0.1, -0.05) is 0 Å². The minimum Gasteiger partial charge on any atom is -0.394 e. The summed E-state index contributed by atoms with van der Waals surface area (Å²) in [7, 11) is 1.76. The molecular weight excluding hydrogens is 280 g/mol. The van der Waals surface area contributed by atoms with Crippen molar-refractivity contribution in [2.24, 2.45) is 0 Å². The summed E-state index contributed by atoms with van der Waals surface area (Å²) >= 11 is 0. The number of nitrogens with two attached hydrogens (primary N) is 1. The highest BCUT2D eigenvalue weighted by atomic mass is 16.5. The second-order valence-electron chi connectivity index (χ2n) is 6.55. The van der Waals surface area contributed by atoms with Gasteiger partial charge in [-0.05, 0) is 56.6 Å². The smallest absolute Gasteiger partial charge is 0.273 e. The van der Waals surface area contributed by atoms with Gasteiger partial charge in [0, 0.05) is 19.3 Å². The molecule has 0 aliphatic heterocycles. The van der Waals surface area contributed by atoms with Crippen LogP contribution in [0.15, 0.2) is 17.1 Å². The number of anilines is 1. The second kappa shape index (κ2) is 6.84. The number of nitrogens with zero attached hydrogens (tertiary/aromatic N) is 1. The van der Waals surface area contributed by atoms with E-state index in [1.807, 2.05) is 10.8 Å². The molecule has 5 heteroatoms. The largest absolute Gasteiger partial charge is 0.394 e. The maximum atomic E-state index is 12.3. The van der Waals surface area contributed by atoms with Gasteiger partial charge in [0.05, 0.1) is 24.5 Å². The van der Waals surface area contributed by atoms with Gasteiger partial charge < -0.3 is 19.8 Å². The van der Waals surface area contributed by atoms with E-state index in [0.29, 0.717) is 24.5 Å². The van der Waals surface area contributed by atoms with Crippen LogP contribution in [0, 0.1) is 0 Å². The van der Waals surface area contributed by atoms with Crippen molar-refractivity contribution in [3.63, 3.8) is 0 Å². The summed E-state index contributed by atoms with van der Waals surface area (Å²) in [5.74, 6) is 0. The van der Waals surface area contributed by atoms with Crippen LogP contribution < -0.4 is 11.3 Å². The van der Waals surface area contributed by atoms with Crippen LogP contribution in [0.25, 0.3) is 0 Å². The minimum atomic E-state index is -0.0757. The fourth-order valence-electron chi connectivity index (χ4n) is 3.35. The molecule has 0 atom stereocenters. The van der Waals surface area contributed by atoms with Gasteiger partial charge in [0.15, 0.2) is 0 Å². The van der Waals surface area contributed by atoms with Crippen LogP contribution in [0.5, 0.6) is 0 Å². The molecule has 5 nitrogen and oxygen atoms in total. The van der Waals surface area contributed by atoms with E-state index < -0.39 is 0 Å². The lowest BCUT2D eigenvalue weighted by Crippen LogP contribution is -2.31. The number of hydrogen-bond donors (Lipinski definition) is 1. The topological polar surface area (TPSA) is 66.5 Å². The van der Waals surface area contributed by atoms with Crippen LogP contribution in [0.3, 0.4) is 0 Å². The summed E-state index contributed by atoms with van der Waals surface area (Å²) < 4.78 is 13.1. The fraction of sp³-hybridized carbons (Fsp3) is 0.706. The van der Waals surface area contributed by atoms with Gasteiger partial charge in [0.25, 0.3) is 5.56 Å².